The van der Waals surface area contributed by atoms with Crippen molar-refractivity contribution in [1.29, 1.82) is 0 Å². The van der Waals surface area contributed by atoms with Crippen LogP contribution in [-0.4, -0.2) is 15.9 Å². The standard InChI is InChI=1S/C23H22BrN3O/c1-22(2)15-10-11-23(22,3)20-19(15)26-18-12-13(8-9-17(18)27-20)25-21(28)14-6-4-5-7-16(14)24/h4-9,12,15H,10-11H2,1-3H3,(H,25,28). The largest absolute Gasteiger partial charge is 0.322 e. The number of nitrogens with zero attached hydrogens (tertiary/aromatic N) is 2. The van der Waals surface area contributed by atoms with E-state index in [1.165, 1.54) is 18.5 Å². The fraction of sp³-hybridized carbons (Fsp3) is 0.348. The number of hydrogen-bond acceptors (Lipinski definition) is 3. The van der Waals surface area contributed by atoms with E-state index in [-0.39, 0.29) is 16.7 Å². The van der Waals surface area contributed by atoms with Crippen LogP contribution in [0.2, 0.25) is 0 Å². The summed E-state index contributed by atoms with van der Waals surface area (Å²) in [6.45, 7) is 7.04. The molecule has 2 aliphatic rings. The molecule has 0 spiro atoms. The minimum absolute atomic E-state index is 0.0979. The summed E-state index contributed by atoms with van der Waals surface area (Å²) in [7, 11) is 0. The molecule has 0 saturated heterocycles. The van der Waals surface area contributed by atoms with Crippen LogP contribution < -0.4 is 5.32 Å². The lowest BCUT2D eigenvalue weighted by atomic mass is 9.70. The van der Waals surface area contributed by atoms with Crippen molar-refractivity contribution in [2.24, 2.45) is 5.41 Å². The third kappa shape index (κ3) is 2.32. The molecule has 1 saturated carbocycles. The van der Waals surface area contributed by atoms with Gasteiger partial charge in [0.05, 0.1) is 28.0 Å². The van der Waals surface area contributed by atoms with Gasteiger partial charge >= 0.3 is 0 Å². The van der Waals surface area contributed by atoms with Crippen molar-refractivity contribution in [2.45, 2.75) is 44.9 Å². The zero-order valence-electron chi connectivity index (χ0n) is 16.2. The van der Waals surface area contributed by atoms with Gasteiger partial charge in [-0.3, -0.25) is 4.79 Å². The van der Waals surface area contributed by atoms with E-state index < -0.39 is 0 Å². The first-order valence-corrected chi connectivity index (χ1v) is 10.5. The summed E-state index contributed by atoms with van der Waals surface area (Å²) in [5, 5.41) is 2.98. The number of amides is 1. The average molecular weight is 436 g/mol. The van der Waals surface area contributed by atoms with Crippen LogP contribution >= 0.6 is 15.9 Å². The fourth-order valence-electron chi connectivity index (χ4n) is 5.04. The molecule has 2 atom stereocenters. The molecule has 2 bridgehead atoms. The monoisotopic (exact) mass is 435 g/mol. The number of anilines is 1. The van der Waals surface area contributed by atoms with Crippen molar-refractivity contribution >= 4 is 38.6 Å². The van der Waals surface area contributed by atoms with Gasteiger partial charge in [-0.05, 0) is 64.5 Å². The smallest absolute Gasteiger partial charge is 0.256 e. The third-order valence-electron chi connectivity index (χ3n) is 7.15. The third-order valence-corrected chi connectivity index (χ3v) is 7.84. The number of benzene rings is 2. The first-order valence-electron chi connectivity index (χ1n) is 9.69. The predicted molar refractivity (Wildman–Crippen MR) is 115 cm³/mol. The molecule has 1 N–H and O–H groups in total. The molecule has 0 radical (unpaired) electrons. The number of carbonyl (C=O) groups is 1. The van der Waals surface area contributed by atoms with E-state index >= 15 is 0 Å². The fourth-order valence-corrected chi connectivity index (χ4v) is 5.51. The van der Waals surface area contributed by atoms with E-state index in [0.29, 0.717) is 11.5 Å². The van der Waals surface area contributed by atoms with Gasteiger partial charge in [-0.25, -0.2) is 9.97 Å². The van der Waals surface area contributed by atoms with Gasteiger partial charge in [0.2, 0.25) is 0 Å². The lowest BCUT2D eigenvalue weighted by Gasteiger charge is -2.34. The summed E-state index contributed by atoms with van der Waals surface area (Å²) in [6, 6.07) is 13.2. The van der Waals surface area contributed by atoms with Gasteiger partial charge in [0.25, 0.3) is 5.91 Å². The van der Waals surface area contributed by atoms with Gasteiger partial charge in [0, 0.05) is 21.5 Å². The summed E-state index contributed by atoms with van der Waals surface area (Å²) < 4.78 is 0.775. The molecule has 1 amide bonds. The topological polar surface area (TPSA) is 54.9 Å². The molecule has 0 aliphatic heterocycles. The van der Waals surface area contributed by atoms with Crippen LogP contribution in [0.1, 0.15) is 61.3 Å². The number of hydrogen-bond donors (Lipinski definition) is 1. The number of carbonyl (C=O) groups excluding carboxylic acids is 1. The first kappa shape index (κ1) is 17.8. The molecule has 2 unspecified atom stereocenters. The molecule has 5 rings (SSSR count). The van der Waals surface area contributed by atoms with Crippen molar-refractivity contribution in [3.05, 3.63) is 63.9 Å². The molecule has 4 nitrogen and oxygen atoms in total. The second-order valence-corrected chi connectivity index (χ2v) is 9.59. The Labute approximate surface area is 172 Å². The van der Waals surface area contributed by atoms with Gasteiger partial charge in [-0.1, -0.05) is 32.9 Å². The Bertz CT molecular complexity index is 1140. The summed E-state index contributed by atoms with van der Waals surface area (Å²) in [5.74, 6) is 0.316. The van der Waals surface area contributed by atoms with Gasteiger partial charge in [-0.2, -0.15) is 0 Å². The first-order chi connectivity index (χ1) is 13.3. The quantitative estimate of drug-likeness (QED) is 0.551. The number of halogens is 1. The second-order valence-electron chi connectivity index (χ2n) is 8.74. The van der Waals surface area contributed by atoms with E-state index in [1.54, 1.807) is 6.07 Å². The van der Waals surface area contributed by atoms with Crippen molar-refractivity contribution < 1.29 is 4.79 Å². The molecule has 2 aromatic carbocycles. The van der Waals surface area contributed by atoms with Crippen LogP contribution in [0.5, 0.6) is 0 Å². The van der Waals surface area contributed by atoms with Gasteiger partial charge in [-0.15, -0.1) is 0 Å². The minimum atomic E-state index is -0.145. The van der Waals surface area contributed by atoms with Crippen molar-refractivity contribution in [1.82, 2.24) is 9.97 Å². The highest BCUT2D eigenvalue weighted by molar-refractivity contribution is 9.10. The number of fused-ring (bicyclic) bond motifs is 6. The maximum atomic E-state index is 12.6. The second kappa shape index (κ2) is 5.86. The van der Waals surface area contributed by atoms with Gasteiger partial charge in [0.15, 0.2) is 0 Å². The molecule has 1 aromatic heterocycles. The SMILES string of the molecule is CC12CCC(c3nc4cc(NC(=O)c5ccccc5Br)ccc4nc31)C2(C)C. The summed E-state index contributed by atoms with van der Waals surface area (Å²) in [4.78, 5) is 22.6. The van der Waals surface area contributed by atoms with Crippen molar-refractivity contribution in [2.75, 3.05) is 5.32 Å². The molecule has 3 aromatic rings. The maximum Gasteiger partial charge on any atom is 0.256 e. The molecule has 5 heteroatoms. The molecular formula is C23H22BrN3O. The zero-order chi connectivity index (χ0) is 19.7. The lowest BCUT2D eigenvalue weighted by molar-refractivity contribution is 0.102. The highest BCUT2D eigenvalue weighted by Gasteiger charge is 2.61. The number of rotatable bonds is 2. The van der Waals surface area contributed by atoms with E-state index in [9.17, 15) is 4.79 Å². The van der Waals surface area contributed by atoms with Gasteiger partial charge in [0.1, 0.15) is 0 Å². The Morgan fingerprint density at radius 1 is 1.11 bits per heavy atom. The minimum Gasteiger partial charge on any atom is -0.322 e. The molecule has 1 heterocycles. The molecule has 28 heavy (non-hydrogen) atoms. The maximum absolute atomic E-state index is 12.6. The van der Waals surface area contributed by atoms with E-state index in [2.05, 4.69) is 42.0 Å². The van der Waals surface area contributed by atoms with E-state index in [4.69, 9.17) is 9.97 Å². The highest BCUT2D eigenvalue weighted by atomic mass is 79.9. The normalized spacial score (nSPS) is 24.4. The summed E-state index contributed by atoms with van der Waals surface area (Å²) in [5.41, 5.74) is 5.68. The highest BCUT2D eigenvalue weighted by Crippen LogP contribution is 2.66. The van der Waals surface area contributed by atoms with E-state index in [0.717, 1.165) is 26.9 Å². The predicted octanol–water partition coefficient (Wildman–Crippen LogP) is 5.82. The lowest BCUT2D eigenvalue weighted by Crippen LogP contribution is -2.31. The van der Waals surface area contributed by atoms with E-state index in [1.807, 2.05) is 36.4 Å². The Hall–Kier alpha value is -2.27. The van der Waals surface area contributed by atoms with Crippen molar-refractivity contribution in [3.8, 4) is 0 Å². The Kier molecular flexibility index (Phi) is 3.73. The molecule has 2 aliphatic carbocycles. The Balaban J connectivity index is 1.53. The van der Waals surface area contributed by atoms with Crippen LogP contribution in [0, 0.1) is 5.41 Å². The van der Waals surface area contributed by atoms with Crippen LogP contribution in [0.15, 0.2) is 46.9 Å². The van der Waals surface area contributed by atoms with Crippen LogP contribution in [0.25, 0.3) is 11.0 Å². The van der Waals surface area contributed by atoms with Crippen LogP contribution in [-0.2, 0) is 5.41 Å². The summed E-state index contributed by atoms with van der Waals surface area (Å²) in [6.07, 6.45) is 2.35. The Morgan fingerprint density at radius 2 is 1.89 bits per heavy atom. The van der Waals surface area contributed by atoms with Crippen LogP contribution in [0.3, 0.4) is 0 Å². The van der Waals surface area contributed by atoms with Gasteiger partial charge < -0.3 is 5.32 Å². The number of nitrogens with one attached hydrogen (secondary N) is 1. The van der Waals surface area contributed by atoms with Crippen molar-refractivity contribution in [3.63, 3.8) is 0 Å². The zero-order valence-corrected chi connectivity index (χ0v) is 17.8. The molecular weight excluding hydrogens is 414 g/mol. The van der Waals surface area contributed by atoms with Crippen LogP contribution in [0.4, 0.5) is 5.69 Å². The summed E-state index contributed by atoms with van der Waals surface area (Å²) >= 11 is 3.43. The molecule has 142 valence electrons. The molecule has 1 fully saturated rings. The number of aromatic nitrogens is 2. The Morgan fingerprint density at radius 3 is 2.68 bits per heavy atom. The average Bonchev–Trinajstić information content (AvgIpc) is 2.99.